The van der Waals surface area contributed by atoms with Gasteiger partial charge in [0.1, 0.15) is 0 Å². The van der Waals surface area contributed by atoms with E-state index in [0.717, 1.165) is 25.7 Å². The summed E-state index contributed by atoms with van der Waals surface area (Å²) in [6.45, 7) is 4.12. The van der Waals surface area contributed by atoms with Gasteiger partial charge in [-0.25, -0.2) is 8.42 Å². The van der Waals surface area contributed by atoms with Gasteiger partial charge in [-0.15, -0.1) is 0 Å². The fraction of sp³-hybridized carbons (Fsp3) is 0.923. The van der Waals surface area contributed by atoms with Crippen molar-refractivity contribution in [1.82, 2.24) is 5.32 Å². The summed E-state index contributed by atoms with van der Waals surface area (Å²) in [5, 5.41) is 2.78. The first kappa shape index (κ1) is 16.4. The molecule has 3 N–H and O–H groups in total. The molecule has 0 aromatic rings. The number of carbonyl (C=O) groups is 1. The van der Waals surface area contributed by atoms with Gasteiger partial charge in [0.2, 0.25) is 5.91 Å². The van der Waals surface area contributed by atoms with Crippen LogP contribution in [-0.2, 0) is 14.6 Å². The van der Waals surface area contributed by atoms with Gasteiger partial charge >= 0.3 is 0 Å². The molecule has 0 spiro atoms. The molecule has 1 aliphatic rings. The first-order valence-corrected chi connectivity index (χ1v) is 8.74. The van der Waals surface area contributed by atoms with Crippen LogP contribution in [0.1, 0.15) is 39.5 Å². The molecule has 0 unspecified atom stereocenters. The van der Waals surface area contributed by atoms with Gasteiger partial charge in [-0.05, 0) is 52.0 Å². The molecule has 0 atom stereocenters. The van der Waals surface area contributed by atoms with Gasteiger partial charge in [-0.2, -0.15) is 0 Å². The molecule has 19 heavy (non-hydrogen) atoms. The van der Waals surface area contributed by atoms with Gasteiger partial charge in [-0.1, -0.05) is 0 Å². The molecular formula is C13H26N2O3S. The van der Waals surface area contributed by atoms with E-state index in [2.05, 4.69) is 5.32 Å². The van der Waals surface area contributed by atoms with E-state index in [0.29, 0.717) is 12.5 Å². The van der Waals surface area contributed by atoms with Crippen LogP contribution >= 0.6 is 0 Å². The van der Waals surface area contributed by atoms with Crippen molar-refractivity contribution in [2.24, 2.45) is 17.6 Å². The maximum atomic E-state index is 12.0. The van der Waals surface area contributed by atoms with Crippen molar-refractivity contribution in [2.45, 2.75) is 44.3 Å². The second kappa shape index (κ2) is 6.22. The van der Waals surface area contributed by atoms with E-state index in [1.54, 1.807) is 13.8 Å². The largest absolute Gasteiger partial charge is 0.354 e. The Morgan fingerprint density at radius 3 is 2.21 bits per heavy atom. The summed E-state index contributed by atoms with van der Waals surface area (Å²) in [5.41, 5.74) is 5.62. The van der Waals surface area contributed by atoms with Crippen LogP contribution in [0, 0.1) is 11.8 Å². The highest BCUT2D eigenvalue weighted by atomic mass is 32.2. The van der Waals surface area contributed by atoms with Gasteiger partial charge < -0.3 is 11.1 Å². The molecule has 5 nitrogen and oxygen atoms in total. The van der Waals surface area contributed by atoms with Crippen LogP contribution in [-0.4, -0.2) is 38.4 Å². The Labute approximate surface area is 116 Å². The Balaban J connectivity index is 2.45. The van der Waals surface area contributed by atoms with Crippen molar-refractivity contribution in [3.8, 4) is 0 Å². The van der Waals surface area contributed by atoms with Crippen LogP contribution in [0.5, 0.6) is 0 Å². The molecule has 1 amide bonds. The molecule has 0 aromatic heterocycles. The molecule has 0 aliphatic heterocycles. The molecular weight excluding hydrogens is 264 g/mol. The second-order valence-corrected chi connectivity index (χ2v) is 8.85. The summed E-state index contributed by atoms with van der Waals surface area (Å²) >= 11 is 0. The Morgan fingerprint density at radius 1 is 1.26 bits per heavy atom. The highest BCUT2D eigenvalue weighted by molar-refractivity contribution is 7.92. The maximum Gasteiger partial charge on any atom is 0.223 e. The van der Waals surface area contributed by atoms with Gasteiger partial charge in [0.25, 0.3) is 0 Å². The fourth-order valence-corrected chi connectivity index (χ4v) is 2.57. The molecule has 1 rings (SSSR count). The summed E-state index contributed by atoms with van der Waals surface area (Å²) in [7, 11) is -3.17. The summed E-state index contributed by atoms with van der Waals surface area (Å²) < 4.78 is 22.2. The molecule has 0 bridgehead atoms. The lowest BCUT2D eigenvalue weighted by Gasteiger charge is -2.28. The van der Waals surface area contributed by atoms with E-state index in [1.807, 2.05) is 0 Å². The molecule has 6 heteroatoms. The van der Waals surface area contributed by atoms with Crippen LogP contribution in [0.15, 0.2) is 0 Å². The molecule has 0 radical (unpaired) electrons. The van der Waals surface area contributed by atoms with E-state index in [4.69, 9.17) is 5.73 Å². The Morgan fingerprint density at radius 2 is 1.79 bits per heavy atom. The van der Waals surface area contributed by atoms with E-state index in [1.165, 1.54) is 6.26 Å². The highest BCUT2D eigenvalue weighted by Gasteiger charge is 2.32. The predicted octanol–water partition coefficient (Wildman–Crippen LogP) is 0.691. The first-order valence-electron chi connectivity index (χ1n) is 6.85. The standard InChI is InChI=1S/C13H26N2O3S/c1-13(2,19(3,17)18)9-15-12(16)11-6-4-10(8-14)5-7-11/h10-11H,4-9,14H2,1-3H3,(H,15,16). The molecule has 0 heterocycles. The van der Waals surface area contributed by atoms with Gasteiger partial charge in [0, 0.05) is 18.7 Å². The van der Waals surface area contributed by atoms with Crippen molar-refractivity contribution in [2.75, 3.05) is 19.3 Å². The molecule has 112 valence electrons. The number of hydrogen-bond acceptors (Lipinski definition) is 4. The zero-order valence-electron chi connectivity index (χ0n) is 12.1. The Bertz CT molecular complexity index is 410. The second-order valence-electron chi connectivity index (χ2n) is 6.20. The van der Waals surface area contributed by atoms with Crippen molar-refractivity contribution in [3.05, 3.63) is 0 Å². The number of nitrogens with one attached hydrogen (secondary N) is 1. The van der Waals surface area contributed by atoms with E-state index < -0.39 is 14.6 Å². The van der Waals surface area contributed by atoms with Crippen LogP contribution < -0.4 is 11.1 Å². The lowest BCUT2D eigenvalue weighted by atomic mass is 9.81. The third-order valence-electron chi connectivity index (χ3n) is 4.24. The Hall–Kier alpha value is -0.620. The van der Waals surface area contributed by atoms with Crippen molar-refractivity contribution >= 4 is 15.7 Å². The average molecular weight is 290 g/mol. The SMILES string of the molecule is CC(C)(CNC(=O)C1CCC(CN)CC1)S(C)(=O)=O. The van der Waals surface area contributed by atoms with E-state index >= 15 is 0 Å². The number of carbonyl (C=O) groups excluding carboxylic acids is 1. The molecule has 1 fully saturated rings. The lowest BCUT2D eigenvalue weighted by Crippen LogP contribution is -2.45. The maximum absolute atomic E-state index is 12.0. The van der Waals surface area contributed by atoms with Crippen molar-refractivity contribution in [3.63, 3.8) is 0 Å². The molecule has 1 saturated carbocycles. The first-order chi connectivity index (χ1) is 8.67. The third kappa shape index (κ3) is 4.45. The zero-order valence-corrected chi connectivity index (χ0v) is 12.9. The van der Waals surface area contributed by atoms with Crippen LogP contribution in [0.25, 0.3) is 0 Å². The minimum absolute atomic E-state index is 0.0122. The Kier molecular flexibility index (Phi) is 5.38. The van der Waals surface area contributed by atoms with E-state index in [-0.39, 0.29) is 18.4 Å². The topological polar surface area (TPSA) is 89.3 Å². The number of rotatable bonds is 5. The zero-order chi connectivity index (χ0) is 14.7. The smallest absolute Gasteiger partial charge is 0.223 e. The third-order valence-corrected chi connectivity index (χ3v) is 6.39. The number of sulfone groups is 1. The van der Waals surface area contributed by atoms with Crippen molar-refractivity contribution in [1.29, 1.82) is 0 Å². The average Bonchev–Trinajstić information content (AvgIpc) is 2.35. The molecule has 0 saturated heterocycles. The summed E-state index contributed by atoms with van der Waals surface area (Å²) in [6.07, 6.45) is 4.89. The molecule has 0 aromatic carbocycles. The van der Waals surface area contributed by atoms with Crippen LogP contribution in [0.4, 0.5) is 0 Å². The van der Waals surface area contributed by atoms with Crippen molar-refractivity contribution < 1.29 is 13.2 Å². The minimum atomic E-state index is -3.17. The van der Waals surface area contributed by atoms with Gasteiger partial charge in [0.15, 0.2) is 9.84 Å². The quantitative estimate of drug-likeness (QED) is 0.779. The lowest BCUT2D eigenvalue weighted by molar-refractivity contribution is -0.126. The van der Waals surface area contributed by atoms with Gasteiger partial charge in [-0.3, -0.25) is 4.79 Å². The minimum Gasteiger partial charge on any atom is -0.354 e. The molecule has 1 aliphatic carbocycles. The summed E-state index contributed by atoms with van der Waals surface area (Å²) in [6, 6.07) is 0. The summed E-state index contributed by atoms with van der Waals surface area (Å²) in [5.74, 6) is 0.530. The fourth-order valence-electron chi connectivity index (χ4n) is 2.24. The number of nitrogens with two attached hydrogens (primary N) is 1. The number of amides is 1. The van der Waals surface area contributed by atoms with E-state index in [9.17, 15) is 13.2 Å². The van der Waals surface area contributed by atoms with Crippen LogP contribution in [0.3, 0.4) is 0 Å². The monoisotopic (exact) mass is 290 g/mol. The number of hydrogen-bond donors (Lipinski definition) is 2. The van der Waals surface area contributed by atoms with Gasteiger partial charge in [0.05, 0.1) is 4.75 Å². The summed E-state index contributed by atoms with van der Waals surface area (Å²) in [4.78, 5) is 12.0. The van der Waals surface area contributed by atoms with Crippen LogP contribution in [0.2, 0.25) is 0 Å². The normalized spacial score (nSPS) is 25.1. The predicted molar refractivity (Wildman–Crippen MR) is 76.4 cm³/mol. The highest BCUT2D eigenvalue weighted by Crippen LogP contribution is 2.28.